The van der Waals surface area contributed by atoms with Gasteiger partial charge in [0.05, 0.1) is 0 Å². The van der Waals surface area contributed by atoms with E-state index in [-0.39, 0.29) is 15.7 Å². The van der Waals surface area contributed by atoms with Crippen LogP contribution in [0.4, 0.5) is 0 Å². The summed E-state index contributed by atoms with van der Waals surface area (Å²) in [5.41, 5.74) is 5.28. The molecule has 172 valence electrons. The molecule has 0 radical (unpaired) electrons. The average molecular weight is 445 g/mol. The summed E-state index contributed by atoms with van der Waals surface area (Å²) < 4.78 is 26.8. The molecule has 1 aliphatic carbocycles. The highest BCUT2D eigenvalue weighted by molar-refractivity contribution is 7.89. The molecule has 0 saturated heterocycles. The summed E-state index contributed by atoms with van der Waals surface area (Å²) in [6.45, 7) is 16.0. The smallest absolute Gasteiger partial charge is 0.239 e. The predicted molar refractivity (Wildman–Crippen MR) is 130 cm³/mol. The van der Waals surface area contributed by atoms with Crippen molar-refractivity contribution >= 4 is 10.0 Å². The van der Waals surface area contributed by atoms with Crippen molar-refractivity contribution in [3.63, 3.8) is 0 Å². The molecule has 1 aromatic carbocycles. The van der Waals surface area contributed by atoms with Gasteiger partial charge in [0, 0.05) is 17.9 Å². The lowest BCUT2D eigenvalue weighted by Crippen LogP contribution is -2.17. The fraction of sp³-hybridized carbons (Fsp3) is 0.615. The molecule has 5 heteroatoms. The van der Waals surface area contributed by atoms with Crippen LogP contribution in [0.3, 0.4) is 0 Å². The molecule has 1 aliphatic rings. The summed E-state index contributed by atoms with van der Waals surface area (Å²) in [7, 11) is -3.78. The van der Waals surface area contributed by atoms with Crippen LogP contribution in [-0.4, -0.2) is 13.0 Å². The molecule has 0 spiro atoms. The van der Waals surface area contributed by atoms with Crippen molar-refractivity contribution in [2.75, 3.05) is 0 Å². The molecule has 3 rings (SSSR count). The molecule has 1 fully saturated rings. The van der Waals surface area contributed by atoms with Crippen LogP contribution < -0.4 is 5.14 Å². The van der Waals surface area contributed by atoms with E-state index < -0.39 is 10.0 Å². The maximum atomic E-state index is 12.3. The Balaban J connectivity index is 2.18. The average Bonchev–Trinajstić information content (AvgIpc) is 3.25. The number of hydrogen-bond acceptors (Lipinski definition) is 2. The number of nitrogens with zero attached hydrogens (tertiary/aromatic N) is 1. The number of primary sulfonamides is 1. The molecular formula is C26H40N2O2S. The lowest BCUT2D eigenvalue weighted by Gasteiger charge is -2.26. The van der Waals surface area contributed by atoms with Crippen LogP contribution in [0.25, 0.3) is 11.3 Å². The van der Waals surface area contributed by atoms with Gasteiger partial charge in [-0.3, -0.25) is 0 Å². The van der Waals surface area contributed by atoms with Crippen LogP contribution in [-0.2, 0) is 27.4 Å². The number of sulfonamides is 1. The van der Waals surface area contributed by atoms with Crippen molar-refractivity contribution in [1.82, 2.24) is 4.57 Å². The van der Waals surface area contributed by atoms with Crippen LogP contribution in [0.15, 0.2) is 29.2 Å². The van der Waals surface area contributed by atoms with E-state index in [0.29, 0.717) is 0 Å². The summed E-state index contributed by atoms with van der Waals surface area (Å²) in [6, 6.07) is 8.53. The summed E-state index contributed by atoms with van der Waals surface area (Å²) in [5.74, 6) is 0.735. The molecule has 31 heavy (non-hydrogen) atoms. The second-order valence-corrected chi connectivity index (χ2v) is 12.9. The van der Waals surface area contributed by atoms with E-state index in [2.05, 4.69) is 64.3 Å². The Morgan fingerprint density at radius 3 is 1.90 bits per heavy atom. The van der Waals surface area contributed by atoms with Crippen molar-refractivity contribution in [1.29, 1.82) is 0 Å². The Morgan fingerprint density at radius 1 is 0.935 bits per heavy atom. The first-order valence-electron chi connectivity index (χ1n) is 11.6. The van der Waals surface area contributed by atoms with E-state index in [1.165, 1.54) is 36.8 Å². The molecule has 1 saturated carbocycles. The second kappa shape index (κ2) is 8.40. The molecule has 0 bridgehead atoms. The molecule has 4 nitrogen and oxygen atoms in total. The third kappa shape index (κ3) is 5.43. The third-order valence-electron chi connectivity index (χ3n) is 6.82. The summed E-state index contributed by atoms with van der Waals surface area (Å²) in [4.78, 5) is 0.243. The van der Waals surface area contributed by atoms with Crippen molar-refractivity contribution in [2.45, 2.75) is 103 Å². The molecule has 2 aromatic rings. The zero-order valence-corrected chi connectivity index (χ0v) is 21.2. The van der Waals surface area contributed by atoms with E-state index in [0.717, 1.165) is 35.8 Å². The third-order valence-corrected chi connectivity index (χ3v) is 7.85. The zero-order valence-electron chi connectivity index (χ0n) is 20.4. The van der Waals surface area contributed by atoms with Crippen LogP contribution in [0.1, 0.15) is 90.5 Å². The Labute approximate surface area is 189 Å². The molecule has 2 N–H and O–H groups in total. The first-order chi connectivity index (χ1) is 14.2. The van der Waals surface area contributed by atoms with Gasteiger partial charge in [0.15, 0.2) is 0 Å². The van der Waals surface area contributed by atoms with Gasteiger partial charge in [-0.15, -0.1) is 0 Å². The Bertz CT molecular complexity index is 1010. The van der Waals surface area contributed by atoms with Crippen LogP contribution in [0, 0.1) is 12.8 Å². The fourth-order valence-corrected chi connectivity index (χ4v) is 5.49. The summed E-state index contributed by atoms with van der Waals surface area (Å²) in [5, 5.41) is 5.59. The number of benzene rings is 1. The first kappa shape index (κ1) is 24.1. The van der Waals surface area contributed by atoms with Gasteiger partial charge in [0.1, 0.15) is 4.90 Å². The largest absolute Gasteiger partial charge is 0.343 e. The number of nitrogens with two attached hydrogens (primary N) is 1. The minimum atomic E-state index is -3.78. The summed E-state index contributed by atoms with van der Waals surface area (Å²) >= 11 is 0. The Hall–Kier alpha value is -1.59. The lowest BCUT2D eigenvalue weighted by atomic mass is 9.79. The van der Waals surface area contributed by atoms with Crippen LogP contribution >= 0.6 is 0 Å². The monoisotopic (exact) mass is 444 g/mol. The van der Waals surface area contributed by atoms with Gasteiger partial charge >= 0.3 is 0 Å². The van der Waals surface area contributed by atoms with Crippen LogP contribution in [0.2, 0.25) is 0 Å². The van der Waals surface area contributed by atoms with Crippen molar-refractivity contribution in [3.8, 4) is 11.3 Å². The topological polar surface area (TPSA) is 65.1 Å². The number of aromatic nitrogens is 1. The fourth-order valence-electron chi connectivity index (χ4n) is 4.69. The first-order valence-corrected chi connectivity index (χ1v) is 13.1. The quantitative estimate of drug-likeness (QED) is 0.589. The van der Waals surface area contributed by atoms with Gasteiger partial charge in [0.25, 0.3) is 0 Å². The maximum absolute atomic E-state index is 12.3. The Morgan fingerprint density at radius 2 is 1.45 bits per heavy atom. The highest BCUT2D eigenvalue weighted by Gasteiger charge is 2.25. The Kier molecular flexibility index (Phi) is 6.52. The van der Waals surface area contributed by atoms with Gasteiger partial charge in [-0.2, -0.15) is 0 Å². The molecular weight excluding hydrogens is 404 g/mol. The van der Waals surface area contributed by atoms with Crippen LogP contribution in [0.5, 0.6) is 0 Å². The predicted octanol–water partition coefficient (Wildman–Crippen LogP) is 6.29. The van der Waals surface area contributed by atoms with Gasteiger partial charge in [-0.1, -0.05) is 73.3 Å². The van der Waals surface area contributed by atoms with E-state index >= 15 is 0 Å². The van der Waals surface area contributed by atoms with Crippen molar-refractivity contribution in [3.05, 3.63) is 41.1 Å². The molecule has 0 amide bonds. The van der Waals surface area contributed by atoms with E-state index in [9.17, 15) is 8.42 Å². The normalized spacial score (nSPS) is 16.3. The van der Waals surface area contributed by atoms with Gasteiger partial charge < -0.3 is 4.57 Å². The van der Waals surface area contributed by atoms with E-state index in [1.807, 2.05) is 6.92 Å². The number of hydrogen-bond donors (Lipinski definition) is 1. The van der Waals surface area contributed by atoms with Gasteiger partial charge in [-0.05, 0) is 65.0 Å². The molecule has 0 unspecified atom stereocenters. The molecule has 1 heterocycles. The number of rotatable bonds is 5. The lowest BCUT2D eigenvalue weighted by molar-refractivity contribution is 0.456. The minimum Gasteiger partial charge on any atom is -0.343 e. The maximum Gasteiger partial charge on any atom is 0.239 e. The van der Waals surface area contributed by atoms with Crippen molar-refractivity contribution < 1.29 is 8.42 Å². The standard InChI is InChI=1S/C26H40N2O2S/c1-18-24(31(27,29)30)17-23(28(18)13-12-19-10-8-9-11-19)20-14-21(25(2,3)4)16-22(15-20)26(5,6)7/h14-17,19H,8-13H2,1-7H3,(H2,27,29,30). The summed E-state index contributed by atoms with van der Waals surface area (Å²) in [6.07, 6.45) is 6.27. The zero-order chi connectivity index (χ0) is 23.2. The molecule has 1 aromatic heterocycles. The van der Waals surface area contributed by atoms with E-state index in [4.69, 9.17) is 5.14 Å². The van der Waals surface area contributed by atoms with Crippen molar-refractivity contribution in [2.24, 2.45) is 11.1 Å². The van der Waals surface area contributed by atoms with E-state index in [1.54, 1.807) is 6.07 Å². The molecule has 0 atom stereocenters. The SMILES string of the molecule is Cc1c(S(N)(=O)=O)cc(-c2cc(C(C)(C)C)cc(C(C)(C)C)c2)n1CCC1CCCC1. The highest BCUT2D eigenvalue weighted by atomic mass is 32.2. The minimum absolute atomic E-state index is 0.00486. The molecule has 0 aliphatic heterocycles. The second-order valence-electron chi connectivity index (χ2n) is 11.4. The van der Waals surface area contributed by atoms with Gasteiger partial charge in [-0.25, -0.2) is 13.6 Å². The van der Waals surface area contributed by atoms with Gasteiger partial charge in [0.2, 0.25) is 10.0 Å². The highest BCUT2D eigenvalue weighted by Crippen LogP contribution is 2.37.